The van der Waals surface area contributed by atoms with Crippen molar-refractivity contribution in [2.45, 2.75) is 39.2 Å². The summed E-state index contributed by atoms with van der Waals surface area (Å²) in [6.45, 7) is 5.48. The van der Waals surface area contributed by atoms with Gasteiger partial charge in [-0.3, -0.25) is 20.4 Å². The average Bonchev–Trinajstić information content (AvgIpc) is 2.68. The van der Waals surface area contributed by atoms with Crippen molar-refractivity contribution in [2.24, 2.45) is 5.92 Å². The highest BCUT2D eigenvalue weighted by Crippen LogP contribution is 2.26. The SMILES string of the molecule is CCC(C)C(C(=O)NNC(=O)C(C)Oc1ccccc1F)c1ccccc1. The number of halogens is 1. The minimum absolute atomic E-state index is 0.0201. The molecule has 2 amide bonds. The van der Waals surface area contributed by atoms with Crippen molar-refractivity contribution in [1.29, 1.82) is 0 Å². The lowest BCUT2D eigenvalue weighted by atomic mass is 9.85. The van der Waals surface area contributed by atoms with Crippen LogP contribution in [0.5, 0.6) is 5.75 Å². The van der Waals surface area contributed by atoms with Crippen molar-refractivity contribution < 1.29 is 18.7 Å². The Labute approximate surface area is 158 Å². The minimum atomic E-state index is -0.971. The molecule has 0 aliphatic carbocycles. The zero-order chi connectivity index (χ0) is 19.8. The number of hydrazine groups is 1. The Balaban J connectivity index is 1.97. The van der Waals surface area contributed by atoms with Crippen LogP contribution in [0.25, 0.3) is 0 Å². The van der Waals surface area contributed by atoms with E-state index in [0.717, 1.165) is 12.0 Å². The van der Waals surface area contributed by atoms with Crippen molar-refractivity contribution in [2.75, 3.05) is 0 Å². The maximum absolute atomic E-state index is 13.6. The van der Waals surface area contributed by atoms with Gasteiger partial charge in [0.25, 0.3) is 5.91 Å². The van der Waals surface area contributed by atoms with Crippen LogP contribution in [-0.2, 0) is 9.59 Å². The summed E-state index contributed by atoms with van der Waals surface area (Å²) >= 11 is 0. The molecular weight excluding hydrogens is 347 g/mol. The van der Waals surface area contributed by atoms with Gasteiger partial charge in [-0.2, -0.15) is 0 Å². The smallest absolute Gasteiger partial charge is 0.279 e. The highest BCUT2D eigenvalue weighted by molar-refractivity contribution is 5.88. The normalized spacial score (nSPS) is 13.9. The number of benzene rings is 2. The molecular formula is C21H25FN2O3. The molecule has 0 saturated heterocycles. The van der Waals surface area contributed by atoms with Crippen molar-refractivity contribution in [3.63, 3.8) is 0 Å². The molecule has 2 aromatic carbocycles. The third-order valence-corrected chi connectivity index (χ3v) is 4.47. The monoisotopic (exact) mass is 372 g/mol. The fraction of sp³-hybridized carbons (Fsp3) is 0.333. The van der Waals surface area contributed by atoms with Gasteiger partial charge >= 0.3 is 0 Å². The van der Waals surface area contributed by atoms with Crippen LogP contribution in [0.3, 0.4) is 0 Å². The van der Waals surface area contributed by atoms with Crippen LogP contribution in [-0.4, -0.2) is 17.9 Å². The van der Waals surface area contributed by atoms with Gasteiger partial charge in [0.15, 0.2) is 17.7 Å². The third kappa shape index (κ3) is 5.54. The third-order valence-electron chi connectivity index (χ3n) is 4.47. The first-order chi connectivity index (χ1) is 12.9. The van der Waals surface area contributed by atoms with E-state index in [0.29, 0.717) is 0 Å². The van der Waals surface area contributed by atoms with E-state index in [2.05, 4.69) is 10.9 Å². The second-order valence-corrected chi connectivity index (χ2v) is 6.44. The Morgan fingerprint density at radius 2 is 1.56 bits per heavy atom. The molecule has 3 atom stereocenters. The first-order valence-corrected chi connectivity index (χ1v) is 8.99. The van der Waals surface area contributed by atoms with Crippen molar-refractivity contribution in [3.8, 4) is 5.75 Å². The van der Waals surface area contributed by atoms with E-state index < -0.39 is 17.8 Å². The molecule has 0 spiro atoms. The van der Waals surface area contributed by atoms with Gasteiger partial charge in [-0.25, -0.2) is 4.39 Å². The van der Waals surface area contributed by atoms with E-state index >= 15 is 0 Å². The van der Waals surface area contributed by atoms with Gasteiger partial charge in [0.2, 0.25) is 5.91 Å². The topological polar surface area (TPSA) is 67.4 Å². The Morgan fingerprint density at radius 1 is 0.963 bits per heavy atom. The predicted molar refractivity (Wildman–Crippen MR) is 101 cm³/mol. The number of rotatable bonds is 7. The fourth-order valence-corrected chi connectivity index (χ4v) is 2.72. The first kappa shape index (κ1) is 20.4. The maximum atomic E-state index is 13.6. The van der Waals surface area contributed by atoms with Gasteiger partial charge < -0.3 is 4.74 Å². The van der Waals surface area contributed by atoms with E-state index in [9.17, 15) is 14.0 Å². The highest BCUT2D eigenvalue weighted by Gasteiger charge is 2.26. The molecule has 0 radical (unpaired) electrons. The summed E-state index contributed by atoms with van der Waals surface area (Å²) < 4.78 is 18.9. The van der Waals surface area contributed by atoms with E-state index in [1.165, 1.54) is 25.1 Å². The largest absolute Gasteiger partial charge is 0.478 e. The molecule has 5 nitrogen and oxygen atoms in total. The number of para-hydroxylation sites is 1. The first-order valence-electron chi connectivity index (χ1n) is 8.99. The predicted octanol–water partition coefficient (Wildman–Crippen LogP) is 3.57. The van der Waals surface area contributed by atoms with Gasteiger partial charge in [-0.05, 0) is 30.5 Å². The van der Waals surface area contributed by atoms with E-state index in [1.807, 2.05) is 44.2 Å². The van der Waals surface area contributed by atoms with Crippen molar-refractivity contribution in [1.82, 2.24) is 10.9 Å². The quantitative estimate of drug-likeness (QED) is 0.730. The van der Waals surface area contributed by atoms with E-state index in [-0.39, 0.29) is 23.5 Å². The molecule has 2 N–H and O–H groups in total. The standard InChI is InChI=1S/C21H25FN2O3/c1-4-14(2)19(16-10-6-5-7-11-16)21(26)24-23-20(25)15(3)27-18-13-9-8-12-17(18)22/h5-15,19H,4H2,1-3H3,(H,23,25)(H,24,26). The zero-order valence-electron chi connectivity index (χ0n) is 15.7. The Kier molecular flexibility index (Phi) is 7.34. The molecule has 0 bridgehead atoms. The molecule has 27 heavy (non-hydrogen) atoms. The van der Waals surface area contributed by atoms with Crippen LogP contribution in [0.4, 0.5) is 4.39 Å². The summed E-state index contributed by atoms with van der Waals surface area (Å²) in [5, 5.41) is 0. The lowest BCUT2D eigenvalue weighted by molar-refractivity contribution is -0.133. The van der Waals surface area contributed by atoms with Crippen LogP contribution in [0, 0.1) is 11.7 Å². The van der Waals surface area contributed by atoms with Crippen LogP contribution in [0.1, 0.15) is 38.7 Å². The second-order valence-electron chi connectivity index (χ2n) is 6.44. The molecule has 0 aromatic heterocycles. The Morgan fingerprint density at radius 3 is 2.19 bits per heavy atom. The molecule has 144 valence electrons. The molecule has 2 aromatic rings. The zero-order valence-corrected chi connectivity index (χ0v) is 15.7. The molecule has 0 aliphatic heterocycles. The number of carbonyl (C=O) groups is 2. The Bertz CT molecular complexity index is 767. The van der Waals surface area contributed by atoms with Crippen LogP contribution in [0.15, 0.2) is 54.6 Å². The lowest BCUT2D eigenvalue weighted by Crippen LogP contribution is -2.49. The van der Waals surface area contributed by atoms with Crippen molar-refractivity contribution >= 4 is 11.8 Å². The number of hydrogen-bond acceptors (Lipinski definition) is 3. The van der Waals surface area contributed by atoms with Gasteiger partial charge in [0.1, 0.15) is 0 Å². The van der Waals surface area contributed by atoms with E-state index in [4.69, 9.17) is 4.74 Å². The molecule has 6 heteroatoms. The molecule has 0 aliphatic rings. The number of hydrogen-bond donors (Lipinski definition) is 2. The fourth-order valence-electron chi connectivity index (χ4n) is 2.72. The van der Waals surface area contributed by atoms with Gasteiger partial charge in [0, 0.05) is 0 Å². The summed E-state index contributed by atoms with van der Waals surface area (Å²) in [6, 6.07) is 15.3. The number of ether oxygens (including phenoxy) is 1. The molecule has 0 fully saturated rings. The summed E-state index contributed by atoms with van der Waals surface area (Å²) in [5.74, 6) is -1.74. The molecule has 0 heterocycles. The minimum Gasteiger partial charge on any atom is -0.478 e. The van der Waals surface area contributed by atoms with Crippen LogP contribution < -0.4 is 15.6 Å². The maximum Gasteiger partial charge on any atom is 0.279 e. The number of amides is 2. The van der Waals surface area contributed by atoms with Crippen LogP contribution in [0.2, 0.25) is 0 Å². The summed E-state index contributed by atoms with van der Waals surface area (Å²) in [6.07, 6.45) is -0.158. The van der Waals surface area contributed by atoms with Gasteiger partial charge in [-0.1, -0.05) is 62.7 Å². The van der Waals surface area contributed by atoms with Crippen LogP contribution >= 0.6 is 0 Å². The summed E-state index contributed by atoms with van der Waals surface area (Å²) in [7, 11) is 0. The highest BCUT2D eigenvalue weighted by atomic mass is 19.1. The molecule has 3 unspecified atom stereocenters. The Hall–Kier alpha value is -2.89. The second kappa shape index (κ2) is 9.71. The molecule has 2 rings (SSSR count). The number of nitrogens with one attached hydrogen (secondary N) is 2. The summed E-state index contributed by atoms with van der Waals surface area (Å²) in [5.41, 5.74) is 5.71. The van der Waals surface area contributed by atoms with Gasteiger partial charge in [0.05, 0.1) is 5.92 Å². The molecule has 0 saturated carbocycles. The van der Waals surface area contributed by atoms with Gasteiger partial charge in [-0.15, -0.1) is 0 Å². The lowest BCUT2D eigenvalue weighted by Gasteiger charge is -2.23. The average molecular weight is 372 g/mol. The summed E-state index contributed by atoms with van der Waals surface area (Å²) in [4.78, 5) is 24.8. The van der Waals surface area contributed by atoms with E-state index in [1.54, 1.807) is 6.07 Å². The van der Waals surface area contributed by atoms with Crippen molar-refractivity contribution in [3.05, 3.63) is 66.0 Å². The number of carbonyl (C=O) groups excluding carboxylic acids is 2.